The van der Waals surface area contributed by atoms with Gasteiger partial charge >= 0.3 is 0 Å². The number of hydrogen-bond acceptors (Lipinski definition) is 4. The van der Waals surface area contributed by atoms with Crippen molar-refractivity contribution in [3.8, 4) is 5.75 Å². The van der Waals surface area contributed by atoms with E-state index in [1.54, 1.807) is 20.9 Å². The molecule has 0 unspecified atom stereocenters. The van der Waals surface area contributed by atoms with E-state index in [2.05, 4.69) is 0 Å². The van der Waals surface area contributed by atoms with Crippen molar-refractivity contribution in [1.29, 1.82) is 0 Å². The average molecular weight is 420 g/mol. The fourth-order valence-electron chi connectivity index (χ4n) is 4.00. The molecule has 0 fully saturated rings. The standard InChI is InChI=1S/C20H19ClFN3O4/c1-20(2)23(3)18(28)15-11-6-7-24(9-10-4-5-13(22)12(21)8-10)17(27)14(11)16(26)19(29)25(15)20/h4-5,8,26H,6-7,9H2,1-3H3. The SMILES string of the molecule is CN1C(=O)c2c3c(c(O)c(=O)n2C1(C)C)C(=O)N(Cc1ccc(F)c(Cl)c1)CC3. The van der Waals surface area contributed by atoms with E-state index in [-0.39, 0.29) is 35.3 Å². The number of fused-ring (bicyclic) bond motifs is 3. The van der Waals surface area contributed by atoms with Crippen LogP contribution in [0.25, 0.3) is 0 Å². The Morgan fingerprint density at radius 3 is 2.55 bits per heavy atom. The molecule has 0 saturated heterocycles. The first-order valence-electron chi connectivity index (χ1n) is 9.08. The lowest BCUT2D eigenvalue weighted by Crippen LogP contribution is -2.44. The number of rotatable bonds is 2. The molecule has 0 saturated carbocycles. The molecule has 1 N–H and O–H groups in total. The second-order valence-electron chi connectivity index (χ2n) is 7.78. The Hall–Kier alpha value is -2.87. The Bertz CT molecular complexity index is 1140. The van der Waals surface area contributed by atoms with Crippen molar-refractivity contribution in [2.75, 3.05) is 13.6 Å². The molecular formula is C20H19ClFN3O4. The second-order valence-corrected chi connectivity index (χ2v) is 8.18. The van der Waals surface area contributed by atoms with Crippen molar-refractivity contribution in [2.24, 2.45) is 0 Å². The quantitative estimate of drug-likeness (QED) is 0.809. The maximum Gasteiger partial charge on any atom is 0.296 e. The highest BCUT2D eigenvalue weighted by Crippen LogP contribution is 2.36. The highest BCUT2D eigenvalue weighted by Gasteiger charge is 2.46. The van der Waals surface area contributed by atoms with Gasteiger partial charge in [0.25, 0.3) is 17.4 Å². The minimum absolute atomic E-state index is 0.0536. The third-order valence-corrected chi connectivity index (χ3v) is 6.11. The van der Waals surface area contributed by atoms with E-state index >= 15 is 0 Å². The number of carbonyl (C=O) groups excluding carboxylic acids is 2. The minimum Gasteiger partial charge on any atom is -0.502 e. The molecule has 0 bridgehead atoms. The van der Waals surface area contributed by atoms with Crippen molar-refractivity contribution in [3.05, 3.63) is 61.8 Å². The predicted molar refractivity (Wildman–Crippen MR) is 104 cm³/mol. The molecular weight excluding hydrogens is 401 g/mol. The summed E-state index contributed by atoms with van der Waals surface area (Å²) in [6, 6.07) is 4.16. The highest BCUT2D eigenvalue weighted by molar-refractivity contribution is 6.30. The van der Waals surface area contributed by atoms with Gasteiger partial charge in [0.2, 0.25) is 0 Å². The maximum absolute atomic E-state index is 13.4. The van der Waals surface area contributed by atoms with Gasteiger partial charge in [0.05, 0.1) is 10.6 Å². The summed E-state index contributed by atoms with van der Waals surface area (Å²) in [6.45, 7) is 3.81. The molecule has 2 aliphatic rings. The summed E-state index contributed by atoms with van der Waals surface area (Å²) in [4.78, 5) is 41.6. The number of pyridine rings is 1. The summed E-state index contributed by atoms with van der Waals surface area (Å²) < 4.78 is 14.6. The molecule has 1 aromatic carbocycles. The molecule has 1 aromatic heterocycles. The van der Waals surface area contributed by atoms with Crippen LogP contribution >= 0.6 is 11.6 Å². The van der Waals surface area contributed by atoms with Gasteiger partial charge in [-0.1, -0.05) is 17.7 Å². The van der Waals surface area contributed by atoms with Crippen LogP contribution in [0.5, 0.6) is 5.75 Å². The summed E-state index contributed by atoms with van der Waals surface area (Å²) in [5.74, 6) is -2.14. The summed E-state index contributed by atoms with van der Waals surface area (Å²) in [5, 5.41) is 10.5. The number of benzene rings is 1. The van der Waals surface area contributed by atoms with Gasteiger partial charge in [-0.2, -0.15) is 0 Å². The lowest BCUT2D eigenvalue weighted by Gasteiger charge is -2.31. The van der Waals surface area contributed by atoms with E-state index in [0.717, 1.165) is 0 Å². The molecule has 0 radical (unpaired) electrons. The van der Waals surface area contributed by atoms with Gasteiger partial charge < -0.3 is 14.9 Å². The molecule has 0 spiro atoms. The fourth-order valence-corrected chi connectivity index (χ4v) is 4.21. The third-order valence-electron chi connectivity index (χ3n) is 5.82. The Labute approximate surface area is 170 Å². The van der Waals surface area contributed by atoms with E-state index in [1.165, 1.54) is 32.6 Å². The van der Waals surface area contributed by atoms with Gasteiger partial charge in [0.1, 0.15) is 17.2 Å². The Morgan fingerprint density at radius 2 is 1.90 bits per heavy atom. The van der Waals surface area contributed by atoms with Gasteiger partial charge in [0.15, 0.2) is 5.75 Å². The first-order chi connectivity index (χ1) is 13.6. The van der Waals surface area contributed by atoms with Gasteiger partial charge in [0, 0.05) is 25.7 Å². The number of hydrogen-bond donors (Lipinski definition) is 1. The number of amides is 2. The normalized spacial score (nSPS) is 17.6. The molecule has 2 aliphatic heterocycles. The smallest absolute Gasteiger partial charge is 0.296 e. The number of aromatic nitrogens is 1. The topological polar surface area (TPSA) is 82.9 Å². The van der Waals surface area contributed by atoms with E-state index in [0.29, 0.717) is 17.5 Å². The Balaban J connectivity index is 1.80. The van der Waals surface area contributed by atoms with Gasteiger partial charge in [-0.15, -0.1) is 0 Å². The van der Waals surface area contributed by atoms with Crippen molar-refractivity contribution in [3.63, 3.8) is 0 Å². The van der Waals surface area contributed by atoms with Crippen LogP contribution in [0.4, 0.5) is 4.39 Å². The lowest BCUT2D eigenvalue weighted by molar-refractivity contribution is 0.0605. The molecule has 3 heterocycles. The first-order valence-corrected chi connectivity index (χ1v) is 9.46. The zero-order valence-corrected chi connectivity index (χ0v) is 16.9. The Kier molecular flexibility index (Phi) is 4.24. The van der Waals surface area contributed by atoms with Crippen molar-refractivity contribution in [2.45, 2.75) is 32.5 Å². The molecule has 0 aliphatic carbocycles. The molecule has 0 atom stereocenters. The van der Waals surface area contributed by atoms with E-state index in [9.17, 15) is 23.9 Å². The van der Waals surface area contributed by atoms with Crippen LogP contribution in [0.3, 0.4) is 0 Å². The predicted octanol–water partition coefficient (Wildman–Crippen LogP) is 2.32. The van der Waals surface area contributed by atoms with Crippen molar-refractivity contribution in [1.82, 2.24) is 14.4 Å². The number of halogens is 2. The summed E-state index contributed by atoms with van der Waals surface area (Å²) >= 11 is 5.81. The van der Waals surface area contributed by atoms with E-state index < -0.39 is 28.7 Å². The van der Waals surface area contributed by atoms with Crippen LogP contribution in [0.15, 0.2) is 23.0 Å². The molecule has 7 nitrogen and oxygen atoms in total. The minimum atomic E-state index is -0.957. The average Bonchev–Trinajstić information content (AvgIpc) is 2.84. The fraction of sp³-hybridized carbons (Fsp3) is 0.350. The number of carbonyl (C=O) groups is 2. The molecule has 9 heteroatoms. The molecule has 29 heavy (non-hydrogen) atoms. The highest BCUT2D eigenvalue weighted by atomic mass is 35.5. The molecule has 2 amide bonds. The molecule has 2 aromatic rings. The summed E-state index contributed by atoms with van der Waals surface area (Å²) in [5.41, 5.74) is -0.735. The van der Waals surface area contributed by atoms with Gasteiger partial charge in [-0.05, 0) is 38.0 Å². The monoisotopic (exact) mass is 419 g/mol. The van der Waals surface area contributed by atoms with Crippen molar-refractivity contribution >= 4 is 23.4 Å². The van der Waals surface area contributed by atoms with Gasteiger partial charge in [-0.3, -0.25) is 19.0 Å². The summed E-state index contributed by atoms with van der Waals surface area (Å²) in [6.07, 6.45) is 0.300. The zero-order valence-electron chi connectivity index (χ0n) is 16.1. The van der Waals surface area contributed by atoms with Gasteiger partial charge in [-0.25, -0.2) is 4.39 Å². The zero-order chi connectivity index (χ0) is 21.2. The van der Waals surface area contributed by atoms with E-state index in [1.807, 2.05) is 0 Å². The van der Waals surface area contributed by atoms with Crippen LogP contribution in [0.1, 0.15) is 45.8 Å². The van der Waals surface area contributed by atoms with Crippen molar-refractivity contribution < 1.29 is 19.1 Å². The third kappa shape index (κ3) is 2.66. The lowest BCUT2D eigenvalue weighted by atomic mass is 9.95. The van der Waals surface area contributed by atoms with Crippen LogP contribution in [0, 0.1) is 5.82 Å². The summed E-state index contributed by atoms with van der Waals surface area (Å²) in [7, 11) is 1.58. The number of aromatic hydroxyl groups is 1. The second kappa shape index (κ2) is 6.32. The van der Waals surface area contributed by atoms with Crippen LogP contribution in [-0.2, 0) is 18.6 Å². The molecule has 4 rings (SSSR count). The van der Waals surface area contributed by atoms with Crippen LogP contribution in [-0.4, -0.2) is 44.9 Å². The Morgan fingerprint density at radius 1 is 1.21 bits per heavy atom. The van der Waals surface area contributed by atoms with Crippen LogP contribution < -0.4 is 5.56 Å². The molecule has 152 valence electrons. The van der Waals surface area contributed by atoms with Crippen LogP contribution in [0.2, 0.25) is 5.02 Å². The van der Waals surface area contributed by atoms with E-state index in [4.69, 9.17) is 11.6 Å². The maximum atomic E-state index is 13.4. The largest absolute Gasteiger partial charge is 0.502 e. The number of nitrogens with zero attached hydrogens (tertiary/aromatic N) is 3. The first kappa shape index (κ1) is 19.4.